The average Bonchev–Trinajstić information content (AvgIpc) is 2.72. The Morgan fingerprint density at radius 3 is 2.31 bits per heavy atom. The van der Waals surface area contributed by atoms with Crippen molar-refractivity contribution in [1.29, 1.82) is 0 Å². The van der Waals surface area contributed by atoms with Crippen LogP contribution in [0, 0.1) is 5.82 Å². The Hall–Kier alpha value is -2.65. The third-order valence-electron chi connectivity index (χ3n) is 4.31. The van der Waals surface area contributed by atoms with E-state index in [9.17, 15) is 17.6 Å². The monoisotopic (exact) mass is 424 g/mol. The molecule has 7 nitrogen and oxygen atoms in total. The van der Waals surface area contributed by atoms with E-state index in [1.54, 1.807) is 27.2 Å². The van der Waals surface area contributed by atoms with Crippen LogP contribution in [0.25, 0.3) is 0 Å². The molecule has 29 heavy (non-hydrogen) atoms. The van der Waals surface area contributed by atoms with Crippen molar-refractivity contribution in [3.63, 3.8) is 0 Å². The zero-order valence-electron chi connectivity index (χ0n) is 16.6. The van der Waals surface area contributed by atoms with E-state index in [-0.39, 0.29) is 18.0 Å². The molecule has 0 saturated heterocycles. The number of nitrogens with zero attached hydrogens (tertiary/aromatic N) is 1. The minimum atomic E-state index is -3.88. The van der Waals surface area contributed by atoms with Crippen molar-refractivity contribution in [3.05, 3.63) is 53.8 Å². The van der Waals surface area contributed by atoms with Gasteiger partial charge >= 0.3 is 0 Å². The summed E-state index contributed by atoms with van der Waals surface area (Å²) < 4.78 is 49.8. The van der Waals surface area contributed by atoms with Crippen LogP contribution in [0.2, 0.25) is 0 Å². The van der Waals surface area contributed by atoms with Crippen LogP contribution >= 0.6 is 0 Å². The minimum Gasteiger partial charge on any atom is -0.493 e. The lowest BCUT2D eigenvalue weighted by molar-refractivity contribution is -0.121. The number of hydrogen-bond donors (Lipinski definition) is 1. The molecule has 0 bridgehead atoms. The second-order valence-corrected chi connectivity index (χ2v) is 8.11. The molecule has 2 aromatic rings. The summed E-state index contributed by atoms with van der Waals surface area (Å²) in [4.78, 5) is 12.2. The fourth-order valence-corrected chi connectivity index (χ4v) is 4.13. The number of rotatable bonds is 10. The number of carbonyl (C=O) groups excluding carboxylic acids is 1. The van der Waals surface area contributed by atoms with E-state index in [0.717, 1.165) is 22.0 Å². The zero-order chi connectivity index (χ0) is 21.4. The van der Waals surface area contributed by atoms with Gasteiger partial charge in [0.25, 0.3) is 0 Å². The van der Waals surface area contributed by atoms with Gasteiger partial charge in [-0.15, -0.1) is 0 Å². The third kappa shape index (κ3) is 5.91. The van der Waals surface area contributed by atoms with Gasteiger partial charge in [0.05, 0.1) is 25.7 Å². The predicted octanol–water partition coefficient (Wildman–Crippen LogP) is 2.21. The zero-order valence-corrected chi connectivity index (χ0v) is 17.5. The molecule has 0 saturated carbocycles. The fourth-order valence-electron chi connectivity index (χ4n) is 2.72. The number of halogens is 1. The van der Waals surface area contributed by atoms with Crippen LogP contribution in [0.4, 0.5) is 4.39 Å². The van der Waals surface area contributed by atoms with Crippen LogP contribution in [0.5, 0.6) is 11.5 Å². The third-order valence-corrected chi connectivity index (χ3v) is 6.24. The molecule has 1 N–H and O–H groups in total. The van der Waals surface area contributed by atoms with Crippen LogP contribution in [0.3, 0.4) is 0 Å². The van der Waals surface area contributed by atoms with Crippen molar-refractivity contribution >= 4 is 15.9 Å². The molecule has 0 atom stereocenters. The quantitative estimate of drug-likeness (QED) is 0.632. The first-order valence-corrected chi connectivity index (χ1v) is 10.5. The number of methoxy groups -OCH3 is 2. The van der Waals surface area contributed by atoms with Gasteiger partial charge in [-0.1, -0.05) is 13.0 Å². The molecule has 0 unspecified atom stereocenters. The lowest BCUT2D eigenvalue weighted by Gasteiger charge is -2.20. The highest BCUT2D eigenvalue weighted by Gasteiger charge is 2.25. The number of carbonyl (C=O) groups is 1. The Kier molecular flexibility index (Phi) is 7.98. The van der Waals surface area contributed by atoms with E-state index in [1.165, 1.54) is 12.1 Å². The van der Waals surface area contributed by atoms with E-state index in [2.05, 4.69) is 5.32 Å². The molecule has 0 heterocycles. The molecule has 1 amide bonds. The normalized spacial score (nSPS) is 11.3. The smallest absolute Gasteiger partial charge is 0.243 e. The van der Waals surface area contributed by atoms with E-state index >= 15 is 0 Å². The van der Waals surface area contributed by atoms with Crippen LogP contribution in [0.1, 0.15) is 12.5 Å². The molecule has 0 aliphatic carbocycles. The maximum absolute atomic E-state index is 13.0. The standard InChI is InChI=1S/C20H25FN2O5S/c1-4-23(29(25,26)17-8-6-16(21)7-9-17)14-20(24)22-12-11-15-5-10-18(27-2)19(13-15)28-3/h5-10,13H,4,11-12,14H2,1-3H3,(H,22,24). The number of amides is 1. The molecular weight excluding hydrogens is 399 g/mol. The minimum absolute atomic E-state index is 0.0566. The first kappa shape index (κ1) is 22.6. The first-order chi connectivity index (χ1) is 13.8. The molecule has 2 rings (SSSR count). The lowest BCUT2D eigenvalue weighted by Crippen LogP contribution is -2.41. The van der Waals surface area contributed by atoms with Gasteiger partial charge in [0, 0.05) is 13.1 Å². The highest BCUT2D eigenvalue weighted by molar-refractivity contribution is 7.89. The van der Waals surface area contributed by atoms with E-state index in [0.29, 0.717) is 24.5 Å². The summed E-state index contributed by atoms with van der Waals surface area (Å²) in [5.74, 6) is 0.265. The van der Waals surface area contributed by atoms with E-state index in [1.807, 2.05) is 12.1 Å². The van der Waals surface area contributed by atoms with Gasteiger partial charge in [-0.2, -0.15) is 4.31 Å². The summed E-state index contributed by atoms with van der Waals surface area (Å²) in [6, 6.07) is 9.98. The average molecular weight is 424 g/mol. The van der Waals surface area contributed by atoms with Crippen LogP contribution in [-0.2, 0) is 21.2 Å². The summed E-state index contributed by atoms with van der Waals surface area (Å²) >= 11 is 0. The molecule has 9 heteroatoms. The summed E-state index contributed by atoms with van der Waals surface area (Å²) in [5, 5.41) is 2.72. The number of ether oxygens (including phenoxy) is 2. The first-order valence-electron chi connectivity index (χ1n) is 9.05. The number of sulfonamides is 1. The largest absolute Gasteiger partial charge is 0.493 e. The van der Waals surface area contributed by atoms with Crippen LogP contribution < -0.4 is 14.8 Å². The number of likely N-dealkylation sites (N-methyl/N-ethyl adjacent to an activating group) is 1. The van der Waals surface area contributed by atoms with Gasteiger partial charge in [0.2, 0.25) is 15.9 Å². The van der Waals surface area contributed by atoms with Crippen molar-refractivity contribution in [2.75, 3.05) is 33.9 Å². The second kappa shape index (κ2) is 10.2. The van der Waals surface area contributed by atoms with Crippen molar-refractivity contribution in [2.45, 2.75) is 18.2 Å². The Bertz CT molecular complexity index is 932. The van der Waals surface area contributed by atoms with E-state index in [4.69, 9.17) is 9.47 Å². The van der Waals surface area contributed by atoms with Crippen molar-refractivity contribution in [1.82, 2.24) is 9.62 Å². The molecule has 0 aliphatic rings. The summed E-state index contributed by atoms with van der Waals surface area (Å²) in [6.07, 6.45) is 0.545. The van der Waals surface area contributed by atoms with Gasteiger partial charge in [-0.25, -0.2) is 12.8 Å². The highest BCUT2D eigenvalue weighted by Crippen LogP contribution is 2.27. The molecule has 2 aromatic carbocycles. The lowest BCUT2D eigenvalue weighted by atomic mass is 10.1. The Morgan fingerprint density at radius 2 is 1.72 bits per heavy atom. The van der Waals surface area contributed by atoms with Gasteiger partial charge < -0.3 is 14.8 Å². The fraction of sp³-hybridized carbons (Fsp3) is 0.350. The molecule has 0 radical (unpaired) electrons. The molecule has 0 fully saturated rings. The Balaban J connectivity index is 1.94. The Labute approximate surface area is 170 Å². The number of nitrogens with one attached hydrogen (secondary N) is 1. The SMILES string of the molecule is CCN(CC(=O)NCCc1ccc(OC)c(OC)c1)S(=O)(=O)c1ccc(F)cc1. The van der Waals surface area contributed by atoms with Crippen LogP contribution in [0.15, 0.2) is 47.4 Å². The molecule has 158 valence electrons. The molecule has 0 aromatic heterocycles. The molecular formula is C20H25FN2O5S. The van der Waals surface area contributed by atoms with Gasteiger partial charge in [-0.3, -0.25) is 4.79 Å². The Morgan fingerprint density at radius 1 is 1.07 bits per heavy atom. The molecule has 0 aliphatic heterocycles. The van der Waals surface area contributed by atoms with E-state index < -0.39 is 21.7 Å². The van der Waals surface area contributed by atoms with Gasteiger partial charge in [0.1, 0.15) is 5.82 Å². The highest BCUT2D eigenvalue weighted by atomic mass is 32.2. The summed E-state index contributed by atoms with van der Waals surface area (Å²) in [7, 11) is -0.783. The predicted molar refractivity (Wildman–Crippen MR) is 107 cm³/mol. The maximum atomic E-state index is 13.0. The van der Waals surface area contributed by atoms with Crippen LogP contribution in [-0.4, -0.2) is 52.5 Å². The number of hydrogen-bond acceptors (Lipinski definition) is 5. The maximum Gasteiger partial charge on any atom is 0.243 e. The number of benzene rings is 2. The van der Waals surface area contributed by atoms with Crippen molar-refractivity contribution in [2.24, 2.45) is 0 Å². The topological polar surface area (TPSA) is 84.9 Å². The summed E-state index contributed by atoms with van der Waals surface area (Å²) in [6.45, 7) is 1.77. The van der Waals surface area contributed by atoms with Gasteiger partial charge in [-0.05, 0) is 48.4 Å². The summed E-state index contributed by atoms with van der Waals surface area (Å²) in [5.41, 5.74) is 0.939. The molecule has 0 spiro atoms. The van der Waals surface area contributed by atoms with Crippen molar-refractivity contribution in [3.8, 4) is 11.5 Å². The van der Waals surface area contributed by atoms with Crippen molar-refractivity contribution < 1.29 is 27.1 Å². The van der Waals surface area contributed by atoms with Gasteiger partial charge in [0.15, 0.2) is 11.5 Å². The second-order valence-electron chi connectivity index (χ2n) is 6.17.